The van der Waals surface area contributed by atoms with Gasteiger partial charge in [-0.05, 0) is 60.7 Å². The van der Waals surface area contributed by atoms with Crippen LogP contribution in [-0.4, -0.2) is 19.1 Å². The first kappa shape index (κ1) is 30.4. The zero-order valence-electron chi connectivity index (χ0n) is 29.5. The van der Waals surface area contributed by atoms with Crippen molar-refractivity contribution < 1.29 is 0 Å². The second kappa shape index (κ2) is 11.7. The fourth-order valence-corrected chi connectivity index (χ4v) is 9.96. The highest BCUT2D eigenvalue weighted by molar-refractivity contribution is 7.26. The molecule has 0 fully saturated rings. The average Bonchev–Trinajstić information content (AvgIpc) is 3.91. The molecular weight excluding hydrogens is 689 g/mol. The molecule has 0 unspecified atom stereocenters. The second-order valence-electron chi connectivity index (χ2n) is 14.1. The molecule has 0 aliphatic rings. The van der Waals surface area contributed by atoms with Crippen LogP contribution in [0.3, 0.4) is 0 Å². The first-order valence-electron chi connectivity index (χ1n) is 18.6. The van der Waals surface area contributed by atoms with Crippen LogP contribution in [0, 0.1) is 0 Å². The van der Waals surface area contributed by atoms with Gasteiger partial charge >= 0.3 is 0 Å². The molecule has 0 radical (unpaired) electrons. The molecule has 0 atom stereocenters. The molecule has 4 heterocycles. The molecule has 4 aromatic heterocycles. The van der Waals surface area contributed by atoms with Gasteiger partial charge in [0.1, 0.15) is 0 Å². The first-order chi connectivity index (χ1) is 27.3. The summed E-state index contributed by atoms with van der Waals surface area (Å²) in [4.78, 5) is 10.4. The maximum atomic E-state index is 5.24. The van der Waals surface area contributed by atoms with Crippen molar-refractivity contribution >= 4 is 86.2 Å². The summed E-state index contributed by atoms with van der Waals surface area (Å²) in [5.74, 6) is 0. The van der Waals surface area contributed by atoms with E-state index < -0.39 is 0 Å². The third kappa shape index (κ3) is 4.45. The van der Waals surface area contributed by atoms with Crippen molar-refractivity contribution in [3.05, 3.63) is 182 Å². The fraction of sp³-hybridized carbons (Fsp3) is 0. The number of benzene rings is 8. The lowest BCUT2D eigenvalue weighted by atomic mass is 10.0. The molecule has 0 saturated carbocycles. The van der Waals surface area contributed by atoms with Crippen LogP contribution in [0.5, 0.6) is 0 Å². The molecule has 256 valence electrons. The molecule has 0 N–H and O–H groups in total. The lowest BCUT2D eigenvalue weighted by Gasteiger charge is -2.13. The molecule has 12 aromatic rings. The third-order valence-electron chi connectivity index (χ3n) is 11.1. The Bertz CT molecular complexity index is 3500. The van der Waals surface area contributed by atoms with Crippen molar-refractivity contribution in [1.29, 1.82) is 0 Å². The van der Waals surface area contributed by atoms with E-state index in [2.05, 4.69) is 161 Å². The van der Waals surface area contributed by atoms with E-state index in [1.807, 2.05) is 41.7 Å². The maximum absolute atomic E-state index is 5.24. The molecule has 0 aliphatic heterocycles. The average molecular weight is 719 g/mol. The van der Waals surface area contributed by atoms with E-state index in [9.17, 15) is 0 Å². The first-order valence-corrected chi connectivity index (χ1v) is 19.4. The summed E-state index contributed by atoms with van der Waals surface area (Å²) >= 11 is 1.88. The van der Waals surface area contributed by atoms with E-state index in [1.165, 1.54) is 69.5 Å². The molecule has 4 nitrogen and oxygen atoms in total. The van der Waals surface area contributed by atoms with Crippen LogP contribution in [0.1, 0.15) is 0 Å². The minimum Gasteiger partial charge on any atom is -0.309 e. The summed E-state index contributed by atoms with van der Waals surface area (Å²) in [6, 6.07) is 65.2. The predicted molar refractivity (Wildman–Crippen MR) is 232 cm³/mol. The normalized spacial score (nSPS) is 12.0. The molecule has 0 bridgehead atoms. The van der Waals surface area contributed by atoms with Crippen molar-refractivity contribution in [3.63, 3.8) is 0 Å². The van der Waals surface area contributed by atoms with Gasteiger partial charge in [0.2, 0.25) is 0 Å². The van der Waals surface area contributed by atoms with E-state index in [4.69, 9.17) is 9.97 Å². The Kier molecular flexibility index (Phi) is 6.47. The number of hydrogen-bond acceptors (Lipinski definition) is 3. The van der Waals surface area contributed by atoms with Crippen molar-refractivity contribution in [3.8, 4) is 33.9 Å². The van der Waals surface area contributed by atoms with Gasteiger partial charge in [-0.25, -0.2) is 9.97 Å². The summed E-state index contributed by atoms with van der Waals surface area (Å²) < 4.78 is 7.52. The van der Waals surface area contributed by atoms with Crippen LogP contribution in [0.15, 0.2) is 182 Å². The zero-order chi connectivity index (χ0) is 36.0. The lowest BCUT2D eigenvalue weighted by Crippen LogP contribution is -1.98. The largest absolute Gasteiger partial charge is 0.309 e. The van der Waals surface area contributed by atoms with Crippen LogP contribution in [-0.2, 0) is 0 Å². The van der Waals surface area contributed by atoms with Crippen molar-refractivity contribution in [1.82, 2.24) is 19.1 Å². The van der Waals surface area contributed by atoms with Crippen LogP contribution in [0.4, 0.5) is 0 Å². The molecule has 0 saturated heterocycles. The highest BCUT2D eigenvalue weighted by Gasteiger charge is 2.22. The van der Waals surface area contributed by atoms with Gasteiger partial charge in [0, 0.05) is 53.8 Å². The van der Waals surface area contributed by atoms with E-state index >= 15 is 0 Å². The quantitative estimate of drug-likeness (QED) is 0.182. The summed E-state index contributed by atoms with van der Waals surface area (Å²) in [6.45, 7) is 0. The number of fused-ring (bicyclic) bond motifs is 11. The third-order valence-corrected chi connectivity index (χ3v) is 12.3. The number of thiophene rings is 1. The van der Waals surface area contributed by atoms with Gasteiger partial charge < -0.3 is 9.13 Å². The van der Waals surface area contributed by atoms with E-state index in [-0.39, 0.29) is 0 Å². The van der Waals surface area contributed by atoms with Crippen molar-refractivity contribution in [2.24, 2.45) is 0 Å². The van der Waals surface area contributed by atoms with E-state index in [1.54, 1.807) is 0 Å². The molecule has 12 rings (SSSR count). The Morgan fingerprint density at radius 1 is 0.382 bits per heavy atom. The van der Waals surface area contributed by atoms with Gasteiger partial charge in [-0.2, -0.15) is 0 Å². The van der Waals surface area contributed by atoms with E-state index in [0.717, 1.165) is 39.2 Å². The molecule has 55 heavy (non-hydrogen) atoms. The lowest BCUT2D eigenvalue weighted by molar-refractivity contribution is 1.17. The highest BCUT2D eigenvalue weighted by Crippen LogP contribution is 2.45. The summed E-state index contributed by atoms with van der Waals surface area (Å²) in [5, 5.41) is 7.61. The molecule has 5 heteroatoms. The van der Waals surface area contributed by atoms with Crippen LogP contribution in [0.2, 0.25) is 0 Å². The Labute approximate surface area is 319 Å². The van der Waals surface area contributed by atoms with Gasteiger partial charge in [-0.3, -0.25) is 0 Å². The van der Waals surface area contributed by atoms with Gasteiger partial charge in [0.05, 0.1) is 54.9 Å². The highest BCUT2D eigenvalue weighted by atomic mass is 32.1. The Morgan fingerprint density at radius 3 is 1.67 bits per heavy atom. The van der Waals surface area contributed by atoms with Gasteiger partial charge in [0.15, 0.2) is 0 Å². The van der Waals surface area contributed by atoms with Gasteiger partial charge in [0.25, 0.3) is 0 Å². The molecule has 8 aromatic carbocycles. The van der Waals surface area contributed by atoms with E-state index in [0.29, 0.717) is 0 Å². The topological polar surface area (TPSA) is 35.6 Å². The van der Waals surface area contributed by atoms with Gasteiger partial charge in [-0.15, -0.1) is 11.3 Å². The van der Waals surface area contributed by atoms with Gasteiger partial charge in [-0.1, -0.05) is 121 Å². The number of para-hydroxylation sites is 4. The van der Waals surface area contributed by atoms with Crippen molar-refractivity contribution in [2.45, 2.75) is 0 Å². The summed E-state index contributed by atoms with van der Waals surface area (Å²) in [6.07, 6.45) is 0. The van der Waals surface area contributed by atoms with Crippen LogP contribution in [0.25, 0.3) is 109 Å². The number of nitrogens with zero attached hydrogens (tertiary/aromatic N) is 4. The standard InChI is InChI=1S/C50H30N4S/c1-2-14-31(15-3-1)48-49(52-39-23-8-7-22-38(39)51-48)32-16-12-17-33(30-32)53-40-24-9-4-19-36(40)46-42(53)28-29-43-47(46)37-20-5-10-25-41(37)54(43)44-26-13-21-35-34-18-6-11-27-45(34)55-50(35)44/h1-30H. The summed E-state index contributed by atoms with van der Waals surface area (Å²) in [5.41, 5.74) is 12.6. The molecule has 0 spiro atoms. The Morgan fingerprint density at radius 2 is 0.927 bits per heavy atom. The molecular formula is C50H30N4S. The molecule has 0 aliphatic carbocycles. The monoisotopic (exact) mass is 718 g/mol. The smallest absolute Gasteiger partial charge is 0.0973 e. The minimum absolute atomic E-state index is 0.869. The molecule has 0 amide bonds. The van der Waals surface area contributed by atoms with Crippen LogP contribution >= 0.6 is 11.3 Å². The Balaban J connectivity index is 1.13. The maximum Gasteiger partial charge on any atom is 0.0973 e. The van der Waals surface area contributed by atoms with Crippen LogP contribution < -0.4 is 0 Å². The second-order valence-corrected chi connectivity index (χ2v) is 15.2. The van der Waals surface area contributed by atoms with Crippen molar-refractivity contribution in [2.75, 3.05) is 0 Å². The number of aromatic nitrogens is 4. The predicted octanol–water partition coefficient (Wildman–Crippen LogP) is 13.5. The number of hydrogen-bond donors (Lipinski definition) is 0. The number of rotatable bonds is 4. The SMILES string of the molecule is c1ccc(-c2nc3ccccc3nc2-c2cccc(-n3c4ccccc4c4c5c6ccccc6n(-c6cccc7c6sc6ccccc67)c5ccc43)c2)cc1. The Hall–Kier alpha value is -7.08. The fourth-order valence-electron chi connectivity index (χ4n) is 8.76. The minimum atomic E-state index is 0.869. The zero-order valence-corrected chi connectivity index (χ0v) is 30.3. The summed E-state index contributed by atoms with van der Waals surface area (Å²) in [7, 11) is 0.